The van der Waals surface area contributed by atoms with Crippen molar-refractivity contribution >= 4 is 27.5 Å². The second-order valence-electron chi connectivity index (χ2n) is 11.1. The highest BCUT2D eigenvalue weighted by atomic mass is 16.5. The van der Waals surface area contributed by atoms with E-state index in [2.05, 4.69) is 63.7 Å². The Kier molecular flexibility index (Phi) is 7.35. The number of fused-ring (bicyclic) bond motifs is 3. The molecule has 2 aromatic heterocycles. The first-order valence-corrected chi connectivity index (χ1v) is 14.7. The van der Waals surface area contributed by atoms with E-state index in [1.807, 2.05) is 52.1 Å². The van der Waals surface area contributed by atoms with Gasteiger partial charge in [-0.05, 0) is 33.4 Å². The smallest absolute Gasteiger partial charge is 0.272 e. The number of hydrogen-bond acceptors (Lipinski definition) is 5. The van der Waals surface area contributed by atoms with Gasteiger partial charge in [0.15, 0.2) is 5.69 Å². The molecule has 0 fully saturated rings. The molecule has 0 bridgehead atoms. The second-order valence-corrected chi connectivity index (χ2v) is 11.1. The fourth-order valence-corrected chi connectivity index (χ4v) is 6.27. The third kappa shape index (κ3) is 5.37. The van der Waals surface area contributed by atoms with Crippen LogP contribution in [0.4, 0.5) is 0 Å². The summed E-state index contributed by atoms with van der Waals surface area (Å²) < 4.78 is 9.69. The lowest BCUT2D eigenvalue weighted by atomic mass is 10.0. The van der Waals surface area contributed by atoms with E-state index < -0.39 is 0 Å². The highest BCUT2D eigenvalue weighted by molar-refractivity contribution is 5.95. The molecule has 0 spiro atoms. The van der Waals surface area contributed by atoms with Gasteiger partial charge in [-0.15, -0.1) is 0 Å². The number of carbonyl (C=O) groups is 1. The Balaban J connectivity index is 1.16. The molecule has 1 amide bonds. The maximum Gasteiger partial charge on any atom is 0.272 e. The standard InChI is InChI=1S/C35H34N6O2/c1-43-33-14-13-27(29-11-4-5-12-30(29)33)22-40-17-15-32-31(23-40)34(38-41(32)20-19-39-18-16-36-24-39)35(42)37-21-26-9-6-8-25-7-2-3-10-28(25)26/h2-14,16,18,24H,15,17,19-23H2,1H3,(H,37,42). The quantitative estimate of drug-likeness (QED) is 0.246. The van der Waals surface area contributed by atoms with E-state index in [1.165, 1.54) is 10.9 Å². The van der Waals surface area contributed by atoms with Crippen molar-refractivity contribution < 1.29 is 9.53 Å². The van der Waals surface area contributed by atoms with Gasteiger partial charge in [0.2, 0.25) is 0 Å². The van der Waals surface area contributed by atoms with E-state index in [0.29, 0.717) is 25.3 Å². The summed E-state index contributed by atoms with van der Waals surface area (Å²) in [7, 11) is 1.71. The molecule has 4 aromatic carbocycles. The zero-order chi connectivity index (χ0) is 29.2. The first kappa shape index (κ1) is 26.9. The number of hydrogen-bond donors (Lipinski definition) is 1. The van der Waals surface area contributed by atoms with Crippen LogP contribution in [0.25, 0.3) is 21.5 Å². The molecule has 0 saturated carbocycles. The maximum absolute atomic E-state index is 13.7. The molecule has 3 heterocycles. The molecule has 0 aliphatic carbocycles. The van der Waals surface area contributed by atoms with Gasteiger partial charge in [-0.3, -0.25) is 14.4 Å². The molecule has 0 unspecified atom stereocenters. The van der Waals surface area contributed by atoms with Crippen molar-refractivity contribution in [1.29, 1.82) is 0 Å². The van der Waals surface area contributed by atoms with E-state index in [-0.39, 0.29) is 5.91 Å². The van der Waals surface area contributed by atoms with Crippen LogP contribution in [0.15, 0.2) is 97.6 Å². The number of methoxy groups -OCH3 is 1. The summed E-state index contributed by atoms with van der Waals surface area (Å²) in [6.07, 6.45) is 6.38. The van der Waals surface area contributed by atoms with E-state index in [1.54, 1.807) is 13.3 Å². The summed E-state index contributed by atoms with van der Waals surface area (Å²) >= 11 is 0. The van der Waals surface area contributed by atoms with Gasteiger partial charge in [-0.25, -0.2) is 4.98 Å². The topological polar surface area (TPSA) is 77.2 Å². The van der Waals surface area contributed by atoms with Crippen molar-refractivity contribution in [3.05, 3.63) is 126 Å². The molecule has 1 aliphatic heterocycles. The van der Waals surface area contributed by atoms with E-state index in [9.17, 15) is 4.79 Å². The van der Waals surface area contributed by atoms with Crippen LogP contribution < -0.4 is 10.1 Å². The molecule has 8 heteroatoms. The van der Waals surface area contributed by atoms with Crippen LogP contribution in [0.2, 0.25) is 0 Å². The number of ether oxygens (including phenoxy) is 1. The minimum Gasteiger partial charge on any atom is -0.496 e. The predicted molar refractivity (Wildman–Crippen MR) is 168 cm³/mol. The normalized spacial score (nSPS) is 13.3. The van der Waals surface area contributed by atoms with Crippen molar-refractivity contribution in [3.8, 4) is 5.75 Å². The monoisotopic (exact) mass is 570 g/mol. The average molecular weight is 571 g/mol. The van der Waals surface area contributed by atoms with Crippen LogP contribution in [0, 0.1) is 0 Å². The largest absolute Gasteiger partial charge is 0.496 e. The number of aromatic nitrogens is 4. The zero-order valence-corrected chi connectivity index (χ0v) is 24.2. The number of carbonyl (C=O) groups excluding carboxylic acids is 1. The lowest BCUT2D eigenvalue weighted by Crippen LogP contribution is -2.32. The molecule has 1 N–H and O–H groups in total. The fourth-order valence-electron chi connectivity index (χ4n) is 6.27. The minimum absolute atomic E-state index is 0.137. The van der Waals surface area contributed by atoms with Crippen LogP contribution in [0.1, 0.15) is 32.9 Å². The summed E-state index contributed by atoms with van der Waals surface area (Å²) in [5, 5.41) is 12.7. The van der Waals surface area contributed by atoms with Crippen LogP contribution in [-0.2, 0) is 39.1 Å². The van der Waals surface area contributed by atoms with E-state index in [0.717, 1.165) is 64.8 Å². The zero-order valence-electron chi connectivity index (χ0n) is 24.2. The van der Waals surface area contributed by atoms with Gasteiger partial charge < -0.3 is 14.6 Å². The van der Waals surface area contributed by atoms with Gasteiger partial charge in [0, 0.05) is 68.2 Å². The second kappa shape index (κ2) is 11.7. The molecule has 7 rings (SSSR count). The Labute approximate surface area is 250 Å². The summed E-state index contributed by atoms with van der Waals surface area (Å²) in [4.78, 5) is 20.3. The Morgan fingerprint density at radius 2 is 1.72 bits per heavy atom. The Morgan fingerprint density at radius 3 is 2.56 bits per heavy atom. The SMILES string of the molecule is COc1ccc(CN2CCc3c(c(C(=O)NCc4cccc5ccccc45)nn3CCn3ccnc3)C2)c2ccccc12. The van der Waals surface area contributed by atoms with Crippen molar-refractivity contribution in [2.75, 3.05) is 13.7 Å². The molecular weight excluding hydrogens is 536 g/mol. The molecule has 0 saturated heterocycles. The summed E-state index contributed by atoms with van der Waals surface area (Å²) in [6.45, 7) is 4.20. The Bertz CT molecular complexity index is 1900. The van der Waals surface area contributed by atoms with E-state index >= 15 is 0 Å². The number of amides is 1. The fraction of sp³-hybridized carbons (Fsp3) is 0.229. The first-order chi connectivity index (χ1) is 21.2. The molecule has 6 aromatic rings. The third-order valence-corrected chi connectivity index (χ3v) is 8.46. The van der Waals surface area contributed by atoms with Gasteiger partial charge in [-0.2, -0.15) is 5.10 Å². The van der Waals surface area contributed by atoms with Gasteiger partial charge >= 0.3 is 0 Å². The van der Waals surface area contributed by atoms with Crippen molar-refractivity contribution in [3.63, 3.8) is 0 Å². The lowest BCUT2D eigenvalue weighted by molar-refractivity contribution is 0.0942. The molecule has 216 valence electrons. The molecule has 43 heavy (non-hydrogen) atoms. The number of nitrogens with zero attached hydrogens (tertiary/aromatic N) is 5. The average Bonchev–Trinajstić information content (AvgIpc) is 3.71. The number of benzene rings is 4. The number of aryl methyl sites for hydroxylation is 2. The highest BCUT2D eigenvalue weighted by Gasteiger charge is 2.28. The number of imidazole rings is 1. The third-order valence-electron chi connectivity index (χ3n) is 8.46. The summed E-state index contributed by atoms with van der Waals surface area (Å²) in [5.41, 5.74) is 5.02. The molecule has 1 aliphatic rings. The summed E-state index contributed by atoms with van der Waals surface area (Å²) in [5.74, 6) is 0.743. The molecule has 0 radical (unpaired) electrons. The van der Waals surface area contributed by atoms with Gasteiger partial charge in [0.25, 0.3) is 5.91 Å². The van der Waals surface area contributed by atoms with Crippen molar-refractivity contribution in [2.24, 2.45) is 0 Å². The number of rotatable bonds is 9. The summed E-state index contributed by atoms with van der Waals surface area (Å²) in [6, 6.07) is 27.1. The van der Waals surface area contributed by atoms with Crippen LogP contribution in [0.3, 0.4) is 0 Å². The Hall–Kier alpha value is -4.95. The molecule has 8 nitrogen and oxygen atoms in total. The van der Waals surface area contributed by atoms with Gasteiger partial charge in [0.1, 0.15) is 5.75 Å². The van der Waals surface area contributed by atoms with Gasteiger partial charge in [-0.1, -0.05) is 72.8 Å². The molecule has 0 atom stereocenters. The lowest BCUT2D eigenvalue weighted by Gasteiger charge is -2.28. The van der Waals surface area contributed by atoms with Crippen molar-refractivity contribution in [1.82, 2.24) is 29.5 Å². The maximum atomic E-state index is 13.7. The highest BCUT2D eigenvalue weighted by Crippen LogP contribution is 2.31. The van der Waals surface area contributed by atoms with Gasteiger partial charge in [0.05, 0.1) is 20.0 Å². The van der Waals surface area contributed by atoms with Crippen LogP contribution in [-0.4, -0.2) is 43.8 Å². The van der Waals surface area contributed by atoms with Crippen LogP contribution >= 0.6 is 0 Å². The predicted octanol–water partition coefficient (Wildman–Crippen LogP) is 5.58. The van der Waals surface area contributed by atoms with E-state index in [4.69, 9.17) is 9.84 Å². The number of nitrogens with one attached hydrogen (secondary N) is 1. The van der Waals surface area contributed by atoms with Crippen LogP contribution in [0.5, 0.6) is 5.75 Å². The minimum atomic E-state index is -0.137. The van der Waals surface area contributed by atoms with Crippen molar-refractivity contribution in [2.45, 2.75) is 39.1 Å². The first-order valence-electron chi connectivity index (χ1n) is 14.7. The Morgan fingerprint density at radius 1 is 0.907 bits per heavy atom. The molecular formula is C35H34N6O2.